The van der Waals surface area contributed by atoms with Gasteiger partial charge >= 0.3 is 0 Å². The van der Waals surface area contributed by atoms with E-state index in [1.165, 1.54) is 12.1 Å². The Morgan fingerprint density at radius 2 is 1.71 bits per heavy atom. The number of nitrogens with zero attached hydrogens (tertiary/aromatic N) is 2. The van der Waals surface area contributed by atoms with Crippen LogP contribution in [0.1, 0.15) is 34.8 Å². The molecule has 0 spiro atoms. The maximum absolute atomic E-state index is 12.3. The molecule has 0 aromatic heterocycles. The number of benzene rings is 3. The predicted molar refractivity (Wildman–Crippen MR) is 147 cm³/mol. The Balaban J connectivity index is 1.58. The molecule has 0 aliphatic carbocycles. The number of ether oxygens (including phenoxy) is 2. The summed E-state index contributed by atoms with van der Waals surface area (Å²) in [5.74, 6) is 1.12. The van der Waals surface area contributed by atoms with Crippen LogP contribution in [0.4, 0.5) is 5.69 Å². The molecule has 8 nitrogen and oxygen atoms in total. The Kier molecular flexibility index (Phi) is 9.62. The molecule has 3 aromatic rings. The van der Waals surface area contributed by atoms with E-state index in [9.17, 15) is 14.9 Å². The van der Waals surface area contributed by atoms with Crippen molar-refractivity contribution >= 4 is 63.0 Å². The number of rotatable bonds is 10. The van der Waals surface area contributed by atoms with Gasteiger partial charge < -0.3 is 9.47 Å². The van der Waals surface area contributed by atoms with E-state index >= 15 is 0 Å². The number of amides is 1. The smallest absolute Gasteiger partial charge is 0.271 e. The van der Waals surface area contributed by atoms with E-state index in [1.54, 1.807) is 42.6 Å². The van der Waals surface area contributed by atoms with Gasteiger partial charge in [-0.25, -0.2) is 5.43 Å². The zero-order valence-electron chi connectivity index (χ0n) is 18.2. The van der Waals surface area contributed by atoms with Gasteiger partial charge in [0.2, 0.25) is 0 Å². The summed E-state index contributed by atoms with van der Waals surface area (Å²) in [7, 11) is 0. The summed E-state index contributed by atoms with van der Waals surface area (Å²) in [6, 6.07) is 16.9. The van der Waals surface area contributed by atoms with E-state index in [1.807, 2.05) is 19.1 Å². The van der Waals surface area contributed by atoms with Crippen LogP contribution in [0.2, 0.25) is 0 Å². The van der Waals surface area contributed by atoms with Crippen molar-refractivity contribution in [3.63, 3.8) is 0 Å². The average molecular weight is 685 g/mol. The molecule has 0 unspecified atom stereocenters. The zero-order chi connectivity index (χ0) is 24.5. The third kappa shape index (κ3) is 7.38. The molecule has 3 aromatic carbocycles. The van der Waals surface area contributed by atoms with Crippen molar-refractivity contribution in [3.05, 3.63) is 94.6 Å². The molecule has 0 saturated carbocycles. The summed E-state index contributed by atoms with van der Waals surface area (Å²) >= 11 is 4.35. The molecule has 0 heterocycles. The van der Waals surface area contributed by atoms with Gasteiger partial charge in [0.1, 0.15) is 18.1 Å². The highest BCUT2D eigenvalue weighted by atomic mass is 127. The number of non-ortho nitro benzene ring substituents is 1. The maximum Gasteiger partial charge on any atom is 0.271 e. The fourth-order valence-corrected chi connectivity index (χ4v) is 4.94. The van der Waals surface area contributed by atoms with Crippen LogP contribution < -0.4 is 14.9 Å². The van der Waals surface area contributed by atoms with Gasteiger partial charge in [-0.2, -0.15) is 5.10 Å². The molecule has 0 radical (unpaired) electrons. The Labute approximate surface area is 224 Å². The van der Waals surface area contributed by atoms with Gasteiger partial charge in [0.05, 0.1) is 24.9 Å². The molecule has 0 saturated heterocycles. The fourth-order valence-electron chi connectivity index (χ4n) is 2.81. The Hall–Kier alpha value is -2.74. The first-order valence-electron chi connectivity index (χ1n) is 10.3. The zero-order valence-corrected chi connectivity index (χ0v) is 22.5. The molecular weight excluding hydrogens is 664 g/mol. The van der Waals surface area contributed by atoms with Gasteiger partial charge in [-0.15, -0.1) is 0 Å². The number of nitro groups is 1. The third-order valence-corrected chi connectivity index (χ3v) is 6.12. The van der Waals surface area contributed by atoms with Crippen molar-refractivity contribution in [1.29, 1.82) is 0 Å². The molecule has 3 rings (SSSR count). The third-order valence-electron chi connectivity index (χ3n) is 4.52. The average Bonchev–Trinajstić information content (AvgIpc) is 2.82. The summed E-state index contributed by atoms with van der Waals surface area (Å²) in [4.78, 5) is 22.6. The number of carbonyl (C=O) groups excluding carboxylic acids is 1. The fraction of sp³-hybridized carbons (Fsp3) is 0.167. The van der Waals surface area contributed by atoms with Gasteiger partial charge in [0, 0.05) is 17.7 Å². The summed E-state index contributed by atoms with van der Waals surface area (Å²) in [5, 5.41) is 14.8. The Morgan fingerprint density at radius 1 is 1.06 bits per heavy atom. The predicted octanol–water partition coefficient (Wildman–Crippen LogP) is 5.94. The normalized spacial score (nSPS) is 10.8. The van der Waals surface area contributed by atoms with Crippen molar-refractivity contribution in [2.24, 2.45) is 5.10 Å². The standard InChI is InChI=1S/C24H21I2N3O5/c1-2-11-33-20-9-5-18(6-10-20)24(30)28-27-14-17-12-21(25)23(22(26)13-17)34-15-16-3-7-19(8-4-16)29(31)32/h3-10,12-14H,2,11,15H2,1H3,(H,28,30)/b27-14+. The van der Waals surface area contributed by atoms with Crippen molar-refractivity contribution < 1.29 is 19.2 Å². The highest BCUT2D eigenvalue weighted by Gasteiger charge is 2.10. The van der Waals surface area contributed by atoms with Crippen LogP contribution in [0.15, 0.2) is 65.8 Å². The molecule has 1 N–H and O–H groups in total. The monoisotopic (exact) mass is 685 g/mol. The quantitative estimate of drug-likeness (QED) is 0.123. The van der Waals surface area contributed by atoms with E-state index in [-0.39, 0.29) is 18.2 Å². The minimum Gasteiger partial charge on any atom is -0.494 e. The van der Waals surface area contributed by atoms with Gasteiger partial charge in [0.25, 0.3) is 11.6 Å². The molecule has 0 bridgehead atoms. The van der Waals surface area contributed by atoms with Crippen LogP contribution >= 0.6 is 45.2 Å². The number of hydrazone groups is 1. The van der Waals surface area contributed by atoms with Crippen molar-refractivity contribution in [3.8, 4) is 11.5 Å². The molecule has 176 valence electrons. The molecule has 0 aliphatic heterocycles. The molecular formula is C24H21I2N3O5. The Morgan fingerprint density at radius 3 is 2.29 bits per heavy atom. The molecule has 0 fully saturated rings. The van der Waals surface area contributed by atoms with E-state index in [0.717, 1.165) is 30.4 Å². The largest absolute Gasteiger partial charge is 0.494 e. The van der Waals surface area contributed by atoms with Gasteiger partial charge in [-0.05, 0) is 111 Å². The molecule has 1 amide bonds. The van der Waals surface area contributed by atoms with Gasteiger partial charge in [-0.1, -0.05) is 6.92 Å². The van der Waals surface area contributed by atoms with Crippen LogP contribution in [0, 0.1) is 17.3 Å². The van der Waals surface area contributed by atoms with E-state index in [2.05, 4.69) is 55.7 Å². The van der Waals surface area contributed by atoms with E-state index in [4.69, 9.17) is 9.47 Å². The second kappa shape index (κ2) is 12.6. The lowest BCUT2D eigenvalue weighted by molar-refractivity contribution is -0.384. The number of nitro benzene ring substituents is 1. The van der Waals surface area contributed by atoms with Crippen LogP contribution in [-0.4, -0.2) is 23.7 Å². The van der Waals surface area contributed by atoms with Gasteiger partial charge in [0.15, 0.2) is 0 Å². The van der Waals surface area contributed by atoms with E-state index in [0.29, 0.717) is 17.9 Å². The van der Waals surface area contributed by atoms with Crippen molar-refractivity contribution in [2.75, 3.05) is 6.61 Å². The lowest BCUT2D eigenvalue weighted by Crippen LogP contribution is -2.17. The molecule has 34 heavy (non-hydrogen) atoms. The first kappa shape index (κ1) is 25.9. The number of halogens is 2. The van der Waals surface area contributed by atoms with Crippen molar-refractivity contribution in [1.82, 2.24) is 5.43 Å². The summed E-state index contributed by atoms with van der Waals surface area (Å²) in [5.41, 5.74) is 4.69. The van der Waals surface area contributed by atoms with Crippen molar-refractivity contribution in [2.45, 2.75) is 20.0 Å². The number of nitrogens with one attached hydrogen (secondary N) is 1. The molecule has 0 atom stereocenters. The molecule has 10 heteroatoms. The topological polar surface area (TPSA) is 103 Å². The second-order valence-corrected chi connectivity index (χ2v) is 9.42. The van der Waals surface area contributed by atoms with Crippen LogP contribution in [0.25, 0.3) is 0 Å². The SMILES string of the molecule is CCCOc1ccc(C(=O)N/N=C/c2cc(I)c(OCc3ccc([N+](=O)[O-])cc3)c(I)c2)cc1. The van der Waals surface area contributed by atoms with E-state index < -0.39 is 4.92 Å². The lowest BCUT2D eigenvalue weighted by Gasteiger charge is -2.11. The van der Waals surface area contributed by atoms with Crippen LogP contribution in [-0.2, 0) is 6.61 Å². The minimum atomic E-state index is -0.432. The number of hydrogen-bond donors (Lipinski definition) is 1. The second-order valence-electron chi connectivity index (χ2n) is 7.10. The first-order chi connectivity index (χ1) is 16.4. The maximum atomic E-state index is 12.3. The van der Waals surface area contributed by atoms with Gasteiger partial charge in [-0.3, -0.25) is 14.9 Å². The molecule has 0 aliphatic rings. The number of hydrogen-bond acceptors (Lipinski definition) is 6. The highest BCUT2D eigenvalue weighted by molar-refractivity contribution is 14.1. The summed E-state index contributed by atoms with van der Waals surface area (Å²) < 4.78 is 13.2. The Bertz CT molecular complexity index is 1160. The lowest BCUT2D eigenvalue weighted by atomic mass is 10.2. The van der Waals surface area contributed by atoms with Crippen LogP contribution in [0.5, 0.6) is 11.5 Å². The number of carbonyl (C=O) groups is 1. The minimum absolute atomic E-state index is 0.0432. The summed E-state index contributed by atoms with van der Waals surface area (Å²) in [6.07, 6.45) is 2.49. The van der Waals surface area contributed by atoms with Crippen LogP contribution in [0.3, 0.4) is 0 Å². The summed E-state index contributed by atoms with van der Waals surface area (Å²) in [6.45, 7) is 2.95. The first-order valence-corrected chi connectivity index (χ1v) is 12.4. The highest BCUT2D eigenvalue weighted by Crippen LogP contribution is 2.29.